The highest BCUT2D eigenvalue weighted by atomic mass is 127. The summed E-state index contributed by atoms with van der Waals surface area (Å²) >= 11 is 2.27. The third-order valence-electron chi connectivity index (χ3n) is 2.35. The summed E-state index contributed by atoms with van der Waals surface area (Å²) in [4.78, 5) is 8.49. The van der Waals surface area contributed by atoms with Gasteiger partial charge in [0.05, 0.1) is 11.7 Å². The van der Waals surface area contributed by atoms with Gasteiger partial charge in [-0.1, -0.05) is 0 Å². The Labute approximate surface area is 111 Å². The Morgan fingerprint density at radius 3 is 2.94 bits per heavy atom. The van der Waals surface area contributed by atoms with E-state index in [0.717, 1.165) is 26.1 Å². The quantitative estimate of drug-likeness (QED) is 0.706. The van der Waals surface area contributed by atoms with E-state index >= 15 is 0 Å². The zero-order valence-electron chi connectivity index (χ0n) is 8.68. The molecule has 0 unspecified atom stereocenters. The summed E-state index contributed by atoms with van der Waals surface area (Å²) < 4.78 is 1.15. The van der Waals surface area contributed by atoms with Crippen LogP contribution in [0.1, 0.15) is 0 Å². The number of nitrogens with one attached hydrogen (secondary N) is 2. The molecule has 6 heteroatoms. The second-order valence-corrected chi connectivity index (χ2v) is 4.72. The van der Waals surface area contributed by atoms with Gasteiger partial charge in [-0.15, -0.1) is 0 Å². The Morgan fingerprint density at radius 1 is 1.18 bits per heavy atom. The van der Waals surface area contributed by atoms with Gasteiger partial charge in [-0.25, -0.2) is 9.97 Å². The van der Waals surface area contributed by atoms with Crippen molar-refractivity contribution in [1.29, 1.82) is 0 Å². The van der Waals surface area contributed by atoms with Crippen molar-refractivity contribution in [3.63, 3.8) is 0 Å². The first-order chi connectivity index (χ1) is 8.33. The number of nitrogens with zero attached hydrogens (tertiary/aromatic N) is 3. The lowest BCUT2D eigenvalue weighted by Gasteiger charge is -2.06. The number of hydrogen-bond donors (Lipinski definition) is 2. The molecule has 0 bridgehead atoms. The molecule has 84 valence electrons. The van der Waals surface area contributed by atoms with Crippen LogP contribution in [0, 0.1) is 3.57 Å². The number of aromatic amines is 1. The number of benzene rings is 1. The minimum atomic E-state index is 0.774. The normalized spacial score (nSPS) is 10.6. The highest BCUT2D eigenvalue weighted by Gasteiger charge is 2.04. The van der Waals surface area contributed by atoms with Crippen molar-refractivity contribution >= 4 is 45.1 Å². The van der Waals surface area contributed by atoms with Crippen LogP contribution in [0.5, 0.6) is 0 Å². The van der Waals surface area contributed by atoms with E-state index < -0.39 is 0 Å². The summed E-state index contributed by atoms with van der Waals surface area (Å²) in [5.41, 5.74) is 0.925. The molecular weight excluding hydrogens is 329 g/mol. The maximum atomic E-state index is 4.25. The molecule has 2 heterocycles. The maximum absolute atomic E-state index is 4.25. The van der Waals surface area contributed by atoms with Gasteiger partial charge in [0.15, 0.2) is 0 Å². The van der Waals surface area contributed by atoms with Gasteiger partial charge in [0.1, 0.15) is 18.0 Å². The van der Waals surface area contributed by atoms with Crippen LogP contribution in [0.15, 0.2) is 36.8 Å². The highest BCUT2D eigenvalue weighted by Crippen LogP contribution is 2.23. The van der Waals surface area contributed by atoms with E-state index in [4.69, 9.17) is 0 Å². The van der Waals surface area contributed by atoms with E-state index in [1.54, 1.807) is 12.5 Å². The summed E-state index contributed by atoms with van der Waals surface area (Å²) in [6.45, 7) is 0. The van der Waals surface area contributed by atoms with Crippen molar-refractivity contribution < 1.29 is 0 Å². The second-order valence-electron chi connectivity index (χ2n) is 3.48. The van der Waals surface area contributed by atoms with Gasteiger partial charge in [-0.05, 0) is 40.8 Å². The minimum absolute atomic E-state index is 0.774. The molecule has 2 N–H and O–H groups in total. The van der Waals surface area contributed by atoms with Gasteiger partial charge in [0.2, 0.25) is 0 Å². The Kier molecular flexibility index (Phi) is 2.63. The zero-order chi connectivity index (χ0) is 11.7. The topological polar surface area (TPSA) is 66.5 Å². The van der Waals surface area contributed by atoms with Crippen molar-refractivity contribution in [1.82, 2.24) is 20.2 Å². The summed E-state index contributed by atoms with van der Waals surface area (Å²) in [7, 11) is 0. The molecule has 0 amide bonds. The largest absolute Gasteiger partial charge is 0.325 e. The van der Waals surface area contributed by atoms with E-state index in [2.05, 4.69) is 48.1 Å². The van der Waals surface area contributed by atoms with Crippen molar-refractivity contribution in [2.45, 2.75) is 0 Å². The average Bonchev–Trinajstić information content (AvgIpc) is 2.82. The van der Waals surface area contributed by atoms with Crippen molar-refractivity contribution in [3.05, 3.63) is 40.4 Å². The van der Waals surface area contributed by atoms with Gasteiger partial charge in [0, 0.05) is 15.0 Å². The molecule has 0 fully saturated rings. The number of halogens is 1. The number of hydrogen-bond acceptors (Lipinski definition) is 4. The number of aromatic nitrogens is 4. The van der Waals surface area contributed by atoms with E-state index in [9.17, 15) is 0 Å². The van der Waals surface area contributed by atoms with Crippen LogP contribution >= 0.6 is 22.6 Å². The van der Waals surface area contributed by atoms with Crippen LogP contribution in [0.4, 0.5) is 11.6 Å². The lowest BCUT2D eigenvalue weighted by atomic mass is 10.2. The maximum Gasteiger partial charge on any atom is 0.142 e. The fourth-order valence-electron chi connectivity index (χ4n) is 1.58. The van der Waals surface area contributed by atoms with Crippen LogP contribution in [0.2, 0.25) is 0 Å². The van der Waals surface area contributed by atoms with Crippen LogP contribution in [0.3, 0.4) is 0 Å². The summed E-state index contributed by atoms with van der Waals surface area (Å²) in [5.74, 6) is 1.58. The molecule has 0 aliphatic rings. The minimum Gasteiger partial charge on any atom is -0.325 e. The van der Waals surface area contributed by atoms with E-state index in [0.29, 0.717) is 0 Å². The fourth-order valence-corrected chi connectivity index (χ4v) is 2.06. The number of fused-ring (bicyclic) bond motifs is 1. The molecule has 0 aliphatic carbocycles. The number of H-pyrrole nitrogens is 1. The third-order valence-corrected chi connectivity index (χ3v) is 3.02. The van der Waals surface area contributed by atoms with Crippen molar-refractivity contribution in [2.75, 3.05) is 5.32 Å². The highest BCUT2D eigenvalue weighted by molar-refractivity contribution is 14.1. The lowest BCUT2D eigenvalue weighted by Crippen LogP contribution is -1.96. The predicted octanol–water partition coefficient (Wildman–Crippen LogP) is 2.70. The third kappa shape index (κ3) is 2.07. The first-order valence-electron chi connectivity index (χ1n) is 4.99. The molecule has 1 aromatic carbocycles. The molecule has 0 aliphatic heterocycles. The van der Waals surface area contributed by atoms with Crippen LogP contribution in [-0.4, -0.2) is 20.2 Å². The SMILES string of the molecule is Ic1ccc2c(Nc3ccn[nH]3)ncnc2c1. The average molecular weight is 337 g/mol. The monoisotopic (exact) mass is 337 g/mol. The summed E-state index contributed by atoms with van der Waals surface area (Å²) in [6.07, 6.45) is 3.24. The Bertz CT molecular complexity index is 650. The zero-order valence-corrected chi connectivity index (χ0v) is 10.8. The molecule has 0 radical (unpaired) electrons. The number of rotatable bonds is 2. The van der Waals surface area contributed by atoms with E-state index in [-0.39, 0.29) is 0 Å². The molecule has 0 saturated heterocycles. The smallest absolute Gasteiger partial charge is 0.142 e. The molecular formula is C11H8IN5. The molecule has 3 rings (SSSR count). The first-order valence-corrected chi connectivity index (χ1v) is 6.07. The van der Waals surface area contributed by atoms with E-state index in [1.807, 2.05) is 24.3 Å². The molecule has 5 nitrogen and oxygen atoms in total. The fraction of sp³-hybridized carbons (Fsp3) is 0. The Morgan fingerprint density at radius 2 is 2.12 bits per heavy atom. The molecule has 3 aromatic rings. The van der Waals surface area contributed by atoms with Gasteiger partial charge < -0.3 is 5.32 Å². The predicted molar refractivity (Wildman–Crippen MR) is 74.1 cm³/mol. The molecule has 0 saturated carbocycles. The van der Waals surface area contributed by atoms with Gasteiger partial charge >= 0.3 is 0 Å². The summed E-state index contributed by atoms with van der Waals surface area (Å²) in [5, 5.41) is 10.9. The van der Waals surface area contributed by atoms with Gasteiger partial charge in [0.25, 0.3) is 0 Å². The Balaban J connectivity index is 2.10. The first kappa shape index (κ1) is 10.5. The molecule has 2 aromatic heterocycles. The van der Waals surface area contributed by atoms with Gasteiger partial charge in [-0.3, -0.25) is 5.10 Å². The van der Waals surface area contributed by atoms with Crippen LogP contribution < -0.4 is 5.32 Å². The Hall–Kier alpha value is -1.70. The summed E-state index contributed by atoms with van der Waals surface area (Å²) in [6, 6.07) is 7.91. The standard InChI is InChI=1S/C11H8IN5/c12-7-1-2-8-9(5-7)13-6-14-11(8)16-10-3-4-15-17-10/h1-6H,(H2,13,14,15,16,17). The van der Waals surface area contributed by atoms with Crippen molar-refractivity contribution in [2.24, 2.45) is 0 Å². The molecule has 0 spiro atoms. The van der Waals surface area contributed by atoms with Gasteiger partial charge in [-0.2, -0.15) is 5.10 Å². The number of anilines is 2. The second kappa shape index (κ2) is 4.28. The van der Waals surface area contributed by atoms with Crippen LogP contribution in [-0.2, 0) is 0 Å². The molecule has 17 heavy (non-hydrogen) atoms. The van der Waals surface area contributed by atoms with Crippen molar-refractivity contribution in [3.8, 4) is 0 Å². The van der Waals surface area contributed by atoms with E-state index in [1.165, 1.54) is 0 Å². The molecule has 0 atom stereocenters. The van der Waals surface area contributed by atoms with Crippen LogP contribution in [0.25, 0.3) is 10.9 Å². The lowest BCUT2D eigenvalue weighted by molar-refractivity contribution is 1.09.